The van der Waals surface area contributed by atoms with Gasteiger partial charge in [0.1, 0.15) is 11.2 Å². The predicted molar refractivity (Wildman–Crippen MR) is 86.4 cm³/mol. The molecule has 1 aliphatic carbocycles. The Bertz CT molecular complexity index is 801. The van der Waals surface area contributed by atoms with Gasteiger partial charge in [-0.15, -0.1) is 0 Å². The first-order valence-corrected chi connectivity index (χ1v) is 8.23. The molecule has 132 valence electrons. The maximum Gasteiger partial charge on any atom is 0.403 e. The smallest absolute Gasteiger partial charge is 0.354 e. The summed E-state index contributed by atoms with van der Waals surface area (Å²) in [5.41, 5.74) is -1.78. The zero-order valence-electron chi connectivity index (χ0n) is 13.3. The molecule has 1 aromatic carbocycles. The van der Waals surface area contributed by atoms with Gasteiger partial charge >= 0.3 is 6.18 Å². The molecule has 3 nitrogen and oxygen atoms in total. The van der Waals surface area contributed by atoms with Gasteiger partial charge in [-0.1, -0.05) is 6.42 Å². The number of rotatable bonds is 3. The van der Waals surface area contributed by atoms with E-state index in [1.54, 1.807) is 0 Å². The van der Waals surface area contributed by atoms with Crippen LogP contribution in [0, 0.1) is 5.82 Å². The van der Waals surface area contributed by atoms with Crippen LogP contribution in [-0.4, -0.2) is 23.7 Å². The number of halogens is 4. The minimum Gasteiger partial charge on any atom is -0.354 e. The highest BCUT2D eigenvalue weighted by Gasteiger charge is 2.60. The number of pyridine rings is 1. The summed E-state index contributed by atoms with van der Waals surface area (Å²) in [6, 6.07) is 4.95. The summed E-state index contributed by atoms with van der Waals surface area (Å²) < 4.78 is 57.2. The molecular weight excluding hydrogens is 334 g/mol. The van der Waals surface area contributed by atoms with E-state index in [0.29, 0.717) is 5.69 Å². The lowest BCUT2D eigenvalue weighted by Gasteiger charge is -2.43. The summed E-state index contributed by atoms with van der Waals surface area (Å²) in [5.74, 6) is -0.685. The van der Waals surface area contributed by atoms with E-state index in [0.717, 1.165) is 31.4 Å². The number of anilines is 2. The summed E-state index contributed by atoms with van der Waals surface area (Å²) in [6.45, 7) is -0.323. The average molecular weight is 351 g/mol. The third-order valence-electron chi connectivity index (χ3n) is 5.24. The molecule has 2 aliphatic rings. The lowest BCUT2D eigenvalue weighted by molar-refractivity contribution is -0.177. The number of hydrogen-bond donors (Lipinski definition) is 2. The van der Waals surface area contributed by atoms with Gasteiger partial charge in [0.15, 0.2) is 0 Å². The molecule has 4 rings (SSSR count). The van der Waals surface area contributed by atoms with E-state index in [-0.39, 0.29) is 29.4 Å². The van der Waals surface area contributed by atoms with E-state index >= 15 is 0 Å². The fourth-order valence-electron chi connectivity index (χ4n) is 3.64. The highest BCUT2D eigenvalue weighted by molar-refractivity contribution is 5.76. The molecule has 0 spiro atoms. The van der Waals surface area contributed by atoms with Crippen molar-refractivity contribution < 1.29 is 17.6 Å². The highest BCUT2D eigenvalue weighted by atomic mass is 19.4. The van der Waals surface area contributed by atoms with Crippen LogP contribution in [-0.2, 0) is 5.41 Å². The van der Waals surface area contributed by atoms with Gasteiger partial charge in [-0.05, 0) is 48.2 Å². The van der Waals surface area contributed by atoms with Gasteiger partial charge in [-0.25, -0.2) is 4.39 Å². The van der Waals surface area contributed by atoms with Crippen molar-refractivity contribution in [2.75, 3.05) is 11.9 Å². The van der Waals surface area contributed by atoms with Crippen molar-refractivity contribution >= 4 is 11.4 Å². The van der Waals surface area contributed by atoms with Crippen molar-refractivity contribution in [2.24, 2.45) is 0 Å². The fourth-order valence-corrected chi connectivity index (χ4v) is 3.64. The van der Waals surface area contributed by atoms with Gasteiger partial charge < -0.3 is 10.6 Å². The zero-order chi connectivity index (χ0) is 17.7. The lowest BCUT2D eigenvalue weighted by Crippen LogP contribution is -2.55. The van der Waals surface area contributed by atoms with Crippen LogP contribution in [0.4, 0.5) is 28.9 Å². The molecule has 1 aliphatic heterocycles. The molecule has 1 saturated carbocycles. The van der Waals surface area contributed by atoms with Crippen molar-refractivity contribution in [3.63, 3.8) is 0 Å². The summed E-state index contributed by atoms with van der Waals surface area (Å²) in [4.78, 5) is 3.93. The Balaban J connectivity index is 1.92. The van der Waals surface area contributed by atoms with Crippen LogP contribution in [0.25, 0.3) is 0 Å². The number of hydrogen-bond acceptors (Lipinski definition) is 3. The van der Waals surface area contributed by atoms with E-state index < -0.39 is 17.4 Å². The van der Waals surface area contributed by atoms with E-state index in [9.17, 15) is 17.6 Å². The molecule has 0 amide bonds. The van der Waals surface area contributed by atoms with Crippen LogP contribution in [0.3, 0.4) is 0 Å². The second-order valence-corrected chi connectivity index (χ2v) is 6.65. The maximum absolute atomic E-state index is 14.4. The zero-order valence-corrected chi connectivity index (χ0v) is 13.3. The Morgan fingerprint density at radius 3 is 2.64 bits per heavy atom. The molecule has 0 saturated heterocycles. The molecule has 1 unspecified atom stereocenters. The van der Waals surface area contributed by atoms with E-state index in [1.807, 2.05) is 0 Å². The average Bonchev–Trinajstić information content (AvgIpc) is 2.52. The third-order valence-corrected chi connectivity index (χ3v) is 5.24. The van der Waals surface area contributed by atoms with Gasteiger partial charge in [0.25, 0.3) is 0 Å². The molecule has 1 fully saturated rings. The first kappa shape index (κ1) is 16.3. The normalized spacial score (nSPS) is 22.6. The van der Waals surface area contributed by atoms with Gasteiger partial charge in [0.05, 0.1) is 11.9 Å². The van der Waals surface area contributed by atoms with Crippen LogP contribution in [0.5, 0.6) is 0 Å². The minimum absolute atomic E-state index is 0.0694. The molecule has 0 bridgehead atoms. The summed E-state index contributed by atoms with van der Waals surface area (Å²) in [5, 5.41) is 6.00. The quantitative estimate of drug-likeness (QED) is 0.811. The molecule has 25 heavy (non-hydrogen) atoms. The first-order chi connectivity index (χ1) is 11.9. The second-order valence-electron chi connectivity index (χ2n) is 6.65. The highest BCUT2D eigenvalue weighted by Crippen LogP contribution is 2.53. The van der Waals surface area contributed by atoms with Crippen molar-refractivity contribution in [3.05, 3.63) is 53.6 Å². The molecule has 1 aromatic heterocycles. The molecule has 2 heterocycles. The number of alkyl halides is 3. The fraction of sp³-hybridized carbons (Fsp3) is 0.389. The number of nitrogens with one attached hydrogen (secondary N) is 2. The van der Waals surface area contributed by atoms with Crippen LogP contribution in [0.2, 0.25) is 0 Å². The Kier molecular flexibility index (Phi) is 3.72. The second kappa shape index (κ2) is 5.69. The Morgan fingerprint density at radius 1 is 1.16 bits per heavy atom. The standard InChI is InChI=1S/C18H17F4N3/c19-11-4-5-15-14(8-11)17(18(20,21)22,10-24-12-2-1-3-12)13-6-7-23-9-16(13)25-15/h4-9,12,24-25H,1-3,10H2. The van der Waals surface area contributed by atoms with Crippen molar-refractivity contribution in [1.82, 2.24) is 10.3 Å². The molecule has 0 radical (unpaired) electrons. The van der Waals surface area contributed by atoms with Crippen LogP contribution in [0.1, 0.15) is 30.4 Å². The Morgan fingerprint density at radius 2 is 1.96 bits per heavy atom. The third kappa shape index (κ3) is 2.49. The molecule has 7 heteroatoms. The number of benzene rings is 1. The largest absolute Gasteiger partial charge is 0.403 e. The Hall–Kier alpha value is -2.15. The summed E-state index contributed by atoms with van der Waals surface area (Å²) >= 11 is 0. The Labute approximate surface area is 142 Å². The van der Waals surface area contributed by atoms with E-state index in [2.05, 4.69) is 15.6 Å². The maximum atomic E-state index is 14.4. The number of nitrogens with zero attached hydrogens (tertiary/aromatic N) is 1. The molecule has 2 aromatic rings. The van der Waals surface area contributed by atoms with Gasteiger partial charge in [-0.2, -0.15) is 13.2 Å². The first-order valence-electron chi connectivity index (χ1n) is 8.23. The lowest BCUT2D eigenvalue weighted by atomic mass is 9.70. The SMILES string of the molecule is Fc1ccc2c(c1)C(CNC1CCC1)(C(F)(F)F)c1ccncc1N2. The summed E-state index contributed by atoms with van der Waals surface area (Å²) in [6.07, 6.45) is 0.880. The molecular formula is C18H17F4N3. The predicted octanol–water partition coefficient (Wildman–Crippen LogP) is 4.27. The van der Waals surface area contributed by atoms with Gasteiger partial charge in [0.2, 0.25) is 0 Å². The molecule has 1 atom stereocenters. The molecule has 2 N–H and O–H groups in total. The van der Waals surface area contributed by atoms with Crippen molar-refractivity contribution in [2.45, 2.75) is 36.9 Å². The number of aromatic nitrogens is 1. The van der Waals surface area contributed by atoms with Crippen LogP contribution >= 0.6 is 0 Å². The topological polar surface area (TPSA) is 37.0 Å². The van der Waals surface area contributed by atoms with Gasteiger partial charge in [-0.3, -0.25) is 4.98 Å². The summed E-state index contributed by atoms with van der Waals surface area (Å²) in [7, 11) is 0. The minimum atomic E-state index is -4.59. The van der Waals surface area contributed by atoms with E-state index in [4.69, 9.17) is 0 Å². The van der Waals surface area contributed by atoms with Crippen LogP contribution < -0.4 is 10.6 Å². The van der Waals surface area contributed by atoms with Crippen molar-refractivity contribution in [1.29, 1.82) is 0 Å². The van der Waals surface area contributed by atoms with Gasteiger partial charge in [0, 0.05) is 24.5 Å². The van der Waals surface area contributed by atoms with E-state index in [1.165, 1.54) is 24.5 Å². The monoisotopic (exact) mass is 351 g/mol. The van der Waals surface area contributed by atoms with Crippen molar-refractivity contribution in [3.8, 4) is 0 Å². The van der Waals surface area contributed by atoms with Crippen LogP contribution in [0.15, 0.2) is 36.7 Å². The number of fused-ring (bicyclic) bond motifs is 2.